The first-order valence-electron chi connectivity index (χ1n) is 5.45. The third-order valence-corrected chi connectivity index (χ3v) is 2.81. The molecule has 3 rings (SSSR count). The smallest absolute Gasteiger partial charge is 0.180 e. The molecule has 2 aromatic heterocycles. The van der Waals surface area contributed by atoms with Gasteiger partial charge in [-0.1, -0.05) is 11.6 Å². The van der Waals surface area contributed by atoms with Crippen LogP contribution in [-0.2, 0) is 0 Å². The van der Waals surface area contributed by atoms with Crippen molar-refractivity contribution in [1.29, 1.82) is 0 Å². The van der Waals surface area contributed by atoms with E-state index in [4.69, 9.17) is 17.3 Å². The molecule has 0 atom stereocenters. The van der Waals surface area contributed by atoms with Crippen molar-refractivity contribution in [2.24, 2.45) is 0 Å². The Morgan fingerprint density at radius 2 is 2.21 bits per heavy atom. The molecule has 0 aliphatic heterocycles. The van der Waals surface area contributed by atoms with Crippen molar-refractivity contribution in [2.45, 2.75) is 0 Å². The number of imidazole rings is 1. The van der Waals surface area contributed by atoms with Crippen LogP contribution in [0.4, 0.5) is 21.7 Å². The van der Waals surface area contributed by atoms with Crippen LogP contribution in [0.3, 0.4) is 0 Å². The maximum atomic E-state index is 13.7. The summed E-state index contributed by atoms with van der Waals surface area (Å²) in [4.78, 5) is 8.25. The predicted molar refractivity (Wildman–Crippen MR) is 72.1 cm³/mol. The van der Waals surface area contributed by atoms with Crippen molar-refractivity contribution in [3.05, 3.63) is 47.6 Å². The van der Waals surface area contributed by atoms with E-state index in [1.807, 2.05) is 0 Å². The molecule has 0 bridgehead atoms. The van der Waals surface area contributed by atoms with Crippen molar-refractivity contribution < 1.29 is 4.39 Å². The van der Waals surface area contributed by atoms with Gasteiger partial charge < -0.3 is 15.5 Å². The number of nitrogens with two attached hydrogens (primary N) is 1. The number of fused-ring (bicyclic) bond motifs is 1. The van der Waals surface area contributed by atoms with Gasteiger partial charge in [0.2, 0.25) is 0 Å². The van der Waals surface area contributed by atoms with E-state index in [1.54, 1.807) is 23.0 Å². The van der Waals surface area contributed by atoms with Gasteiger partial charge in [0.15, 0.2) is 11.5 Å². The minimum Gasteiger partial charge on any atom is -0.382 e. The summed E-state index contributed by atoms with van der Waals surface area (Å²) < 4.78 is 15.4. The lowest BCUT2D eigenvalue weighted by Gasteiger charge is -2.09. The van der Waals surface area contributed by atoms with Gasteiger partial charge in [-0.25, -0.2) is 14.4 Å². The number of benzene rings is 1. The lowest BCUT2D eigenvalue weighted by atomic mass is 10.3. The van der Waals surface area contributed by atoms with E-state index >= 15 is 0 Å². The van der Waals surface area contributed by atoms with E-state index < -0.39 is 5.82 Å². The molecule has 2 heterocycles. The Kier molecular flexibility index (Phi) is 2.72. The van der Waals surface area contributed by atoms with Crippen LogP contribution in [0.15, 0.2) is 36.8 Å². The number of halogens is 2. The molecule has 0 aliphatic rings. The zero-order valence-electron chi connectivity index (χ0n) is 9.64. The van der Waals surface area contributed by atoms with Gasteiger partial charge in [0.25, 0.3) is 0 Å². The van der Waals surface area contributed by atoms with Gasteiger partial charge in [-0.3, -0.25) is 0 Å². The van der Waals surface area contributed by atoms with Crippen LogP contribution in [0.1, 0.15) is 0 Å². The monoisotopic (exact) mass is 277 g/mol. The molecule has 0 radical (unpaired) electrons. The minimum atomic E-state index is -0.432. The summed E-state index contributed by atoms with van der Waals surface area (Å²) in [7, 11) is 0. The Morgan fingerprint density at radius 1 is 1.37 bits per heavy atom. The summed E-state index contributed by atoms with van der Waals surface area (Å²) >= 11 is 5.84. The third kappa shape index (κ3) is 2.17. The van der Waals surface area contributed by atoms with Crippen LogP contribution in [-0.4, -0.2) is 14.4 Å². The fraction of sp³-hybridized carbons (Fsp3) is 0. The fourth-order valence-corrected chi connectivity index (χ4v) is 1.93. The highest BCUT2D eigenvalue weighted by Crippen LogP contribution is 2.25. The SMILES string of the molecule is Nc1cn2ccnc2c(Nc2cc(Cl)ccc2F)n1. The molecular weight excluding hydrogens is 269 g/mol. The topological polar surface area (TPSA) is 68.2 Å². The molecule has 19 heavy (non-hydrogen) atoms. The number of hydrogen-bond donors (Lipinski definition) is 2. The highest BCUT2D eigenvalue weighted by atomic mass is 35.5. The van der Waals surface area contributed by atoms with Gasteiger partial charge in [-0.2, -0.15) is 0 Å². The average Bonchev–Trinajstić information content (AvgIpc) is 2.82. The molecule has 0 spiro atoms. The first-order chi connectivity index (χ1) is 9.13. The molecule has 96 valence electrons. The van der Waals surface area contributed by atoms with Gasteiger partial charge >= 0.3 is 0 Å². The largest absolute Gasteiger partial charge is 0.382 e. The van der Waals surface area contributed by atoms with Crippen LogP contribution < -0.4 is 11.1 Å². The highest BCUT2D eigenvalue weighted by molar-refractivity contribution is 6.30. The molecule has 0 unspecified atom stereocenters. The number of anilines is 3. The number of hydrogen-bond acceptors (Lipinski definition) is 4. The van der Waals surface area contributed by atoms with Crippen molar-refractivity contribution >= 4 is 34.6 Å². The van der Waals surface area contributed by atoms with E-state index in [9.17, 15) is 4.39 Å². The number of aromatic nitrogens is 3. The average molecular weight is 278 g/mol. The second-order valence-electron chi connectivity index (χ2n) is 3.92. The van der Waals surface area contributed by atoms with Gasteiger partial charge in [0.05, 0.1) is 11.9 Å². The van der Waals surface area contributed by atoms with Crippen LogP contribution in [0.5, 0.6) is 0 Å². The summed E-state index contributed by atoms with van der Waals surface area (Å²) in [5.41, 5.74) is 6.45. The summed E-state index contributed by atoms with van der Waals surface area (Å²) in [5, 5.41) is 3.27. The second kappa shape index (κ2) is 4.40. The predicted octanol–water partition coefficient (Wildman–Crippen LogP) is 2.85. The number of nitrogens with zero attached hydrogens (tertiary/aromatic N) is 3. The zero-order valence-corrected chi connectivity index (χ0v) is 10.4. The first-order valence-corrected chi connectivity index (χ1v) is 5.82. The summed E-state index contributed by atoms with van der Waals surface area (Å²) in [6, 6.07) is 4.22. The third-order valence-electron chi connectivity index (χ3n) is 2.57. The van der Waals surface area contributed by atoms with Crippen LogP contribution >= 0.6 is 11.6 Å². The van der Waals surface area contributed by atoms with Gasteiger partial charge in [0.1, 0.15) is 11.6 Å². The normalized spacial score (nSPS) is 10.8. The van der Waals surface area contributed by atoms with Crippen molar-refractivity contribution in [2.75, 3.05) is 11.1 Å². The summed E-state index contributed by atoms with van der Waals surface area (Å²) in [6.07, 6.45) is 4.96. The molecule has 0 aliphatic carbocycles. The molecule has 0 saturated carbocycles. The standard InChI is InChI=1S/C12H9ClFN5/c13-7-1-2-8(14)9(5-7)17-11-12-16-3-4-19(12)6-10(15)18-11/h1-6H,15H2,(H,17,18). The van der Waals surface area contributed by atoms with Crippen molar-refractivity contribution in [3.63, 3.8) is 0 Å². The zero-order chi connectivity index (χ0) is 13.4. The maximum absolute atomic E-state index is 13.7. The van der Waals surface area contributed by atoms with Gasteiger partial charge in [0, 0.05) is 17.4 Å². The quantitative estimate of drug-likeness (QED) is 0.756. The lowest BCUT2D eigenvalue weighted by Crippen LogP contribution is -2.03. The Labute approximate surface area is 112 Å². The number of nitrogen functional groups attached to an aromatic ring is 1. The van der Waals surface area contributed by atoms with E-state index in [0.717, 1.165) is 0 Å². The van der Waals surface area contributed by atoms with Crippen molar-refractivity contribution in [1.82, 2.24) is 14.4 Å². The Hall–Kier alpha value is -2.34. The van der Waals surface area contributed by atoms with Crippen LogP contribution in [0.2, 0.25) is 5.02 Å². The van der Waals surface area contributed by atoms with Crippen LogP contribution in [0.25, 0.3) is 5.65 Å². The molecule has 3 aromatic rings. The lowest BCUT2D eigenvalue weighted by molar-refractivity contribution is 0.632. The van der Waals surface area contributed by atoms with Gasteiger partial charge in [-0.15, -0.1) is 0 Å². The molecule has 1 aromatic carbocycles. The molecule has 5 nitrogen and oxygen atoms in total. The van der Waals surface area contributed by atoms with E-state index in [2.05, 4.69) is 15.3 Å². The Balaban J connectivity index is 2.10. The van der Waals surface area contributed by atoms with Gasteiger partial charge in [-0.05, 0) is 18.2 Å². The molecule has 0 amide bonds. The van der Waals surface area contributed by atoms with E-state index in [-0.39, 0.29) is 5.69 Å². The van der Waals surface area contributed by atoms with Crippen LogP contribution in [0, 0.1) is 5.82 Å². The highest BCUT2D eigenvalue weighted by Gasteiger charge is 2.09. The second-order valence-corrected chi connectivity index (χ2v) is 4.36. The molecule has 0 saturated heterocycles. The summed E-state index contributed by atoms with van der Waals surface area (Å²) in [6.45, 7) is 0. The van der Waals surface area contributed by atoms with Crippen molar-refractivity contribution in [3.8, 4) is 0 Å². The molecule has 0 fully saturated rings. The van der Waals surface area contributed by atoms with E-state index in [0.29, 0.717) is 22.3 Å². The Morgan fingerprint density at radius 3 is 3.05 bits per heavy atom. The molecule has 3 N–H and O–H groups in total. The first kappa shape index (κ1) is 11.7. The number of nitrogens with one attached hydrogen (secondary N) is 1. The fourth-order valence-electron chi connectivity index (χ4n) is 1.76. The summed E-state index contributed by atoms with van der Waals surface area (Å²) in [5.74, 6) is 0.236. The maximum Gasteiger partial charge on any atom is 0.180 e. The van der Waals surface area contributed by atoms with E-state index in [1.165, 1.54) is 18.2 Å². The molecule has 7 heteroatoms. The minimum absolute atomic E-state index is 0.218. The Bertz CT molecular complexity index is 755. The number of rotatable bonds is 2. The molecular formula is C12H9ClFN5.